The molecule has 0 bridgehead atoms. The molecule has 7 heteroatoms. The third-order valence-corrected chi connectivity index (χ3v) is 3.45. The molecule has 0 aromatic heterocycles. The van der Waals surface area contributed by atoms with Gasteiger partial charge in [0.25, 0.3) is 5.91 Å². The molecule has 0 aliphatic carbocycles. The molecular weight excluding hydrogens is 322 g/mol. The van der Waals surface area contributed by atoms with Gasteiger partial charge in [0.15, 0.2) is 0 Å². The minimum absolute atomic E-state index is 0.182. The fourth-order valence-corrected chi connectivity index (χ4v) is 2.22. The Labute approximate surface area is 147 Å². The Bertz CT molecular complexity index is 638. The van der Waals surface area contributed by atoms with Gasteiger partial charge in [0.05, 0.1) is 12.5 Å². The first-order valence-electron chi connectivity index (χ1n) is 8.27. The zero-order valence-corrected chi connectivity index (χ0v) is 15.1. The van der Waals surface area contributed by atoms with Crippen molar-refractivity contribution in [2.45, 2.75) is 40.5 Å². The van der Waals surface area contributed by atoms with Crippen LogP contribution in [0.3, 0.4) is 0 Å². The number of rotatable bonds is 8. The SMILES string of the molecule is CCC[C@@H](C(=O)OCC)/C(C)=N/NC(=O)c1ccc(NC(C)=O)cc1. The average molecular weight is 347 g/mol. The number of amides is 2. The van der Waals surface area contributed by atoms with Gasteiger partial charge in [-0.1, -0.05) is 13.3 Å². The Hall–Kier alpha value is -2.70. The number of hydrogen-bond donors (Lipinski definition) is 2. The fraction of sp³-hybridized carbons (Fsp3) is 0.444. The molecule has 1 rings (SSSR count). The summed E-state index contributed by atoms with van der Waals surface area (Å²) in [6, 6.07) is 6.43. The van der Waals surface area contributed by atoms with E-state index in [1.165, 1.54) is 6.92 Å². The third kappa shape index (κ3) is 6.74. The van der Waals surface area contributed by atoms with Crippen LogP contribution in [0.25, 0.3) is 0 Å². The van der Waals surface area contributed by atoms with Gasteiger partial charge in [0.1, 0.15) is 0 Å². The van der Waals surface area contributed by atoms with Gasteiger partial charge in [0.2, 0.25) is 5.91 Å². The van der Waals surface area contributed by atoms with E-state index < -0.39 is 11.8 Å². The number of esters is 1. The number of carbonyl (C=O) groups excluding carboxylic acids is 3. The lowest BCUT2D eigenvalue weighted by Gasteiger charge is -2.14. The van der Waals surface area contributed by atoms with Crippen molar-refractivity contribution in [3.8, 4) is 0 Å². The topological polar surface area (TPSA) is 96.9 Å². The fourth-order valence-electron chi connectivity index (χ4n) is 2.22. The highest BCUT2D eigenvalue weighted by atomic mass is 16.5. The van der Waals surface area contributed by atoms with Crippen molar-refractivity contribution in [1.82, 2.24) is 5.43 Å². The van der Waals surface area contributed by atoms with Gasteiger partial charge in [-0.3, -0.25) is 14.4 Å². The molecule has 0 saturated carbocycles. The minimum atomic E-state index is -0.465. The highest BCUT2D eigenvalue weighted by molar-refractivity contribution is 6.02. The van der Waals surface area contributed by atoms with Crippen molar-refractivity contribution in [2.24, 2.45) is 11.0 Å². The second kappa shape index (κ2) is 10.2. The second-order valence-electron chi connectivity index (χ2n) is 5.55. The lowest BCUT2D eigenvalue weighted by atomic mass is 9.99. The molecule has 0 aliphatic heterocycles. The van der Waals surface area contributed by atoms with Crippen molar-refractivity contribution in [1.29, 1.82) is 0 Å². The van der Waals surface area contributed by atoms with Gasteiger partial charge in [-0.15, -0.1) is 0 Å². The molecule has 25 heavy (non-hydrogen) atoms. The van der Waals surface area contributed by atoms with E-state index in [0.717, 1.165) is 6.42 Å². The number of nitrogens with zero attached hydrogens (tertiary/aromatic N) is 1. The van der Waals surface area contributed by atoms with Crippen molar-refractivity contribution in [2.75, 3.05) is 11.9 Å². The molecule has 7 nitrogen and oxygen atoms in total. The van der Waals surface area contributed by atoms with Crippen LogP contribution >= 0.6 is 0 Å². The van der Waals surface area contributed by atoms with E-state index in [-0.39, 0.29) is 11.9 Å². The van der Waals surface area contributed by atoms with E-state index in [9.17, 15) is 14.4 Å². The second-order valence-corrected chi connectivity index (χ2v) is 5.55. The first-order chi connectivity index (χ1) is 11.9. The van der Waals surface area contributed by atoms with Crippen molar-refractivity contribution >= 4 is 29.2 Å². The van der Waals surface area contributed by atoms with E-state index in [1.807, 2.05) is 6.92 Å². The number of nitrogens with one attached hydrogen (secondary N) is 2. The summed E-state index contributed by atoms with van der Waals surface area (Å²) in [6.07, 6.45) is 1.41. The molecule has 0 spiro atoms. The Balaban J connectivity index is 2.75. The van der Waals surface area contributed by atoms with Crippen molar-refractivity contribution < 1.29 is 19.1 Å². The van der Waals surface area contributed by atoms with Crippen LogP contribution in [0.4, 0.5) is 5.69 Å². The lowest BCUT2D eigenvalue weighted by molar-refractivity contribution is -0.145. The molecular formula is C18H25N3O4. The molecule has 0 fully saturated rings. The van der Waals surface area contributed by atoms with Crippen LogP contribution in [0.2, 0.25) is 0 Å². The molecule has 0 saturated heterocycles. The van der Waals surface area contributed by atoms with Crippen molar-refractivity contribution in [3.63, 3.8) is 0 Å². The number of hydrazone groups is 1. The molecule has 136 valence electrons. The molecule has 0 aliphatic rings. The zero-order chi connectivity index (χ0) is 18.8. The number of ether oxygens (including phenoxy) is 1. The van der Waals surface area contributed by atoms with E-state index >= 15 is 0 Å². The van der Waals surface area contributed by atoms with Crippen LogP contribution in [-0.2, 0) is 14.3 Å². The summed E-state index contributed by atoms with van der Waals surface area (Å²) in [5, 5.41) is 6.67. The number of benzene rings is 1. The normalized spacial score (nSPS) is 12.2. The highest BCUT2D eigenvalue weighted by Crippen LogP contribution is 2.12. The summed E-state index contributed by atoms with van der Waals surface area (Å²) in [7, 11) is 0. The summed E-state index contributed by atoms with van der Waals surface area (Å²) in [6.45, 7) is 7.12. The van der Waals surface area contributed by atoms with E-state index in [4.69, 9.17) is 4.74 Å². The van der Waals surface area contributed by atoms with Gasteiger partial charge >= 0.3 is 5.97 Å². The van der Waals surface area contributed by atoms with E-state index in [0.29, 0.717) is 30.0 Å². The summed E-state index contributed by atoms with van der Waals surface area (Å²) in [5.41, 5.74) is 3.95. The summed E-state index contributed by atoms with van der Waals surface area (Å²) >= 11 is 0. The van der Waals surface area contributed by atoms with Crippen LogP contribution in [0.1, 0.15) is 50.9 Å². The lowest BCUT2D eigenvalue weighted by Crippen LogP contribution is -2.27. The molecule has 1 atom stereocenters. The quantitative estimate of drug-likeness (QED) is 0.429. The molecule has 1 aromatic carbocycles. The standard InChI is InChI=1S/C18H25N3O4/c1-5-7-16(18(24)25-6-2)12(3)20-21-17(23)14-8-10-15(11-9-14)19-13(4)22/h8-11,16H,5-7H2,1-4H3,(H,19,22)(H,21,23)/b20-12+/t16-/m1/s1. The van der Waals surface area contributed by atoms with Gasteiger partial charge in [-0.05, 0) is 44.5 Å². The van der Waals surface area contributed by atoms with Crippen LogP contribution < -0.4 is 10.7 Å². The van der Waals surface area contributed by atoms with Crippen LogP contribution in [0, 0.1) is 5.92 Å². The average Bonchev–Trinajstić information content (AvgIpc) is 2.57. The number of anilines is 1. The molecule has 1 aromatic rings. The summed E-state index contributed by atoms with van der Waals surface area (Å²) < 4.78 is 5.05. The highest BCUT2D eigenvalue weighted by Gasteiger charge is 2.22. The zero-order valence-electron chi connectivity index (χ0n) is 15.1. The Morgan fingerprint density at radius 2 is 1.76 bits per heavy atom. The molecule has 0 radical (unpaired) electrons. The maximum atomic E-state index is 12.1. The van der Waals surface area contributed by atoms with E-state index in [2.05, 4.69) is 15.8 Å². The van der Waals surface area contributed by atoms with Gasteiger partial charge in [0, 0.05) is 23.9 Å². The van der Waals surface area contributed by atoms with Gasteiger partial charge < -0.3 is 10.1 Å². The maximum absolute atomic E-state index is 12.1. The summed E-state index contributed by atoms with van der Waals surface area (Å²) in [4.78, 5) is 35.1. The van der Waals surface area contributed by atoms with Gasteiger partial charge in [-0.2, -0.15) is 5.10 Å². The monoisotopic (exact) mass is 347 g/mol. The maximum Gasteiger partial charge on any atom is 0.314 e. The third-order valence-electron chi connectivity index (χ3n) is 3.45. The Kier molecular flexibility index (Phi) is 8.32. The van der Waals surface area contributed by atoms with Crippen molar-refractivity contribution in [3.05, 3.63) is 29.8 Å². The first kappa shape index (κ1) is 20.3. The molecule has 2 amide bonds. The Morgan fingerprint density at radius 1 is 1.12 bits per heavy atom. The van der Waals surface area contributed by atoms with Gasteiger partial charge in [-0.25, -0.2) is 5.43 Å². The number of carbonyl (C=O) groups is 3. The number of hydrogen-bond acceptors (Lipinski definition) is 5. The molecule has 0 unspecified atom stereocenters. The predicted molar refractivity (Wildman–Crippen MR) is 96.4 cm³/mol. The van der Waals surface area contributed by atoms with E-state index in [1.54, 1.807) is 38.1 Å². The van der Waals surface area contributed by atoms with Crippen LogP contribution in [0.15, 0.2) is 29.4 Å². The van der Waals surface area contributed by atoms with Crippen LogP contribution in [-0.4, -0.2) is 30.1 Å². The molecule has 0 heterocycles. The predicted octanol–water partition coefficient (Wildman–Crippen LogP) is 2.73. The minimum Gasteiger partial charge on any atom is -0.465 e. The largest absolute Gasteiger partial charge is 0.465 e. The summed E-state index contributed by atoms with van der Waals surface area (Å²) in [5.74, 6) is -1.38. The first-order valence-corrected chi connectivity index (χ1v) is 8.27. The molecule has 2 N–H and O–H groups in total. The smallest absolute Gasteiger partial charge is 0.314 e. The Morgan fingerprint density at radius 3 is 2.28 bits per heavy atom. The van der Waals surface area contributed by atoms with Crippen LogP contribution in [0.5, 0.6) is 0 Å².